The van der Waals surface area contributed by atoms with Crippen LogP contribution in [0.1, 0.15) is 25.7 Å². The summed E-state index contributed by atoms with van der Waals surface area (Å²) in [6, 6.07) is 0. The van der Waals surface area contributed by atoms with Crippen molar-refractivity contribution in [1.29, 1.82) is 0 Å². The Morgan fingerprint density at radius 3 is 2.59 bits per heavy atom. The number of hydrogen-bond acceptors (Lipinski definition) is 6. The Morgan fingerprint density at radius 2 is 1.91 bits per heavy atom. The molecule has 118 valence electrons. The average Bonchev–Trinajstić information content (AvgIpc) is 3.19. The van der Waals surface area contributed by atoms with Gasteiger partial charge in [0.2, 0.25) is 11.8 Å². The maximum atomic E-state index is 4.38. The molecular formula is C14H21N7S. The second-order valence-corrected chi connectivity index (χ2v) is 7.54. The minimum Gasteiger partial charge on any atom is -0.341 e. The molecule has 2 aromatic rings. The van der Waals surface area contributed by atoms with E-state index >= 15 is 0 Å². The van der Waals surface area contributed by atoms with Crippen molar-refractivity contribution in [3.63, 3.8) is 0 Å². The fourth-order valence-corrected chi connectivity index (χ4v) is 4.96. The molecule has 0 atom stereocenters. The fraction of sp³-hybridized carbons (Fsp3) is 0.714. The van der Waals surface area contributed by atoms with E-state index in [0.29, 0.717) is 11.2 Å². The van der Waals surface area contributed by atoms with E-state index in [9.17, 15) is 0 Å². The number of hydrogen-bond donors (Lipinski definition) is 1. The van der Waals surface area contributed by atoms with Gasteiger partial charge >= 0.3 is 0 Å². The first-order valence-corrected chi connectivity index (χ1v) is 9.01. The number of piperidine rings is 1. The largest absolute Gasteiger partial charge is 0.341 e. The van der Waals surface area contributed by atoms with Crippen LogP contribution in [0.15, 0.2) is 6.33 Å². The van der Waals surface area contributed by atoms with Gasteiger partial charge in [-0.3, -0.25) is 9.67 Å². The lowest BCUT2D eigenvalue weighted by Gasteiger charge is -2.44. The molecule has 0 radical (unpaired) electrons. The second kappa shape index (κ2) is 5.57. The highest BCUT2D eigenvalue weighted by Gasteiger charge is 2.36. The monoisotopic (exact) mass is 319 g/mol. The van der Waals surface area contributed by atoms with Crippen LogP contribution in [0.4, 0.5) is 5.95 Å². The van der Waals surface area contributed by atoms with Gasteiger partial charge in [-0.2, -0.15) is 16.9 Å². The Kier molecular flexibility index (Phi) is 3.56. The van der Waals surface area contributed by atoms with E-state index in [1.807, 2.05) is 11.6 Å². The third-order valence-electron chi connectivity index (χ3n) is 5.14. The fourth-order valence-electron chi connectivity index (χ4n) is 3.60. The van der Waals surface area contributed by atoms with Gasteiger partial charge in [0, 0.05) is 20.1 Å². The van der Waals surface area contributed by atoms with Crippen molar-refractivity contribution in [2.45, 2.75) is 25.7 Å². The predicted octanol–water partition coefficient (Wildman–Crippen LogP) is 1.71. The van der Waals surface area contributed by atoms with Crippen molar-refractivity contribution >= 4 is 17.7 Å². The Morgan fingerprint density at radius 1 is 1.14 bits per heavy atom. The van der Waals surface area contributed by atoms with E-state index in [-0.39, 0.29) is 0 Å². The van der Waals surface area contributed by atoms with Crippen LogP contribution in [0.2, 0.25) is 0 Å². The van der Waals surface area contributed by atoms with Crippen molar-refractivity contribution in [2.24, 2.45) is 12.5 Å². The van der Waals surface area contributed by atoms with E-state index in [0.717, 1.165) is 24.9 Å². The first-order chi connectivity index (χ1) is 10.8. The van der Waals surface area contributed by atoms with Crippen LogP contribution in [0.5, 0.6) is 0 Å². The highest BCUT2D eigenvalue weighted by atomic mass is 32.2. The quantitative estimate of drug-likeness (QED) is 0.908. The smallest absolute Gasteiger partial charge is 0.227 e. The molecule has 4 rings (SSSR count). The van der Waals surface area contributed by atoms with Crippen LogP contribution in [-0.4, -0.2) is 54.5 Å². The number of H-pyrrole nitrogens is 1. The summed E-state index contributed by atoms with van der Waals surface area (Å²) in [6.45, 7) is 2.15. The van der Waals surface area contributed by atoms with Crippen LogP contribution in [-0.2, 0) is 7.05 Å². The number of nitrogens with zero attached hydrogens (tertiary/aromatic N) is 6. The van der Waals surface area contributed by atoms with Gasteiger partial charge in [-0.1, -0.05) is 0 Å². The van der Waals surface area contributed by atoms with Crippen LogP contribution < -0.4 is 4.90 Å². The lowest BCUT2D eigenvalue weighted by atomic mass is 9.74. The number of nitrogens with one attached hydrogen (secondary N) is 1. The molecule has 0 saturated carbocycles. The molecule has 0 amide bonds. The second-order valence-electron chi connectivity index (χ2n) is 6.32. The van der Waals surface area contributed by atoms with Crippen molar-refractivity contribution < 1.29 is 0 Å². The van der Waals surface area contributed by atoms with Gasteiger partial charge in [-0.15, -0.1) is 10.2 Å². The molecule has 22 heavy (non-hydrogen) atoms. The SMILES string of the molecule is Cn1c(-c2ncn[nH]2)nnc1N1CCC2(CCSCC2)CC1. The zero-order valence-corrected chi connectivity index (χ0v) is 13.6. The van der Waals surface area contributed by atoms with Crippen LogP contribution in [0.25, 0.3) is 11.6 Å². The van der Waals surface area contributed by atoms with Gasteiger partial charge in [0.05, 0.1) is 0 Å². The summed E-state index contributed by atoms with van der Waals surface area (Å²) in [7, 11) is 1.99. The Hall–Kier alpha value is -1.57. The number of aromatic amines is 1. The van der Waals surface area contributed by atoms with E-state index in [4.69, 9.17) is 0 Å². The summed E-state index contributed by atoms with van der Waals surface area (Å²) in [6.07, 6.45) is 6.81. The minimum absolute atomic E-state index is 0.591. The summed E-state index contributed by atoms with van der Waals surface area (Å²) < 4.78 is 2.01. The summed E-state index contributed by atoms with van der Waals surface area (Å²) in [5.74, 6) is 5.01. The summed E-state index contributed by atoms with van der Waals surface area (Å²) in [5.41, 5.74) is 0.591. The van der Waals surface area contributed by atoms with E-state index < -0.39 is 0 Å². The van der Waals surface area contributed by atoms with Crippen LogP contribution >= 0.6 is 11.8 Å². The first-order valence-electron chi connectivity index (χ1n) is 7.85. The topological polar surface area (TPSA) is 75.5 Å². The van der Waals surface area contributed by atoms with Crippen LogP contribution in [0, 0.1) is 5.41 Å². The average molecular weight is 319 g/mol. The maximum Gasteiger partial charge on any atom is 0.227 e. The van der Waals surface area contributed by atoms with Crippen molar-refractivity contribution in [3.05, 3.63) is 6.33 Å². The molecule has 1 N–H and O–H groups in total. The molecule has 2 saturated heterocycles. The zero-order valence-electron chi connectivity index (χ0n) is 12.8. The van der Waals surface area contributed by atoms with Gasteiger partial charge in [0.1, 0.15) is 6.33 Å². The number of anilines is 1. The van der Waals surface area contributed by atoms with Gasteiger partial charge in [-0.05, 0) is 42.6 Å². The predicted molar refractivity (Wildman–Crippen MR) is 86.8 cm³/mol. The van der Waals surface area contributed by atoms with Gasteiger partial charge in [0.15, 0.2) is 5.82 Å². The highest BCUT2D eigenvalue weighted by Crippen LogP contribution is 2.43. The lowest BCUT2D eigenvalue weighted by molar-refractivity contribution is 0.197. The van der Waals surface area contributed by atoms with Gasteiger partial charge in [0.25, 0.3) is 0 Å². The third kappa shape index (κ3) is 2.39. The number of thioether (sulfide) groups is 1. The molecule has 4 heterocycles. The van der Waals surface area contributed by atoms with Crippen molar-refractivity contribution in [2.75, 3.05) is 29.5 Å². The van der Waals surface area contributed by atoms with Crippen molar-refractivity contribution in [1.82, 2.24) is 29.9 Å². The number of rotatable bonds is 2. The molecule has 0 aliphatic carbocycles. The molecule has 7 nitrogen and oxygen atoms in total. The van der Waals surface area contributed by atoms with Crippen LogP contribution in [0.3, 0.4) is 0 Å². The Bertz CT molecular complexity index is 620. The minimum atomic E-state index is 0.591. The molecule has 2 aliphatic heterocycles. The summed E-state index contributed by atoms with van der Waals surface area (Å²) in [5, 5.41) is 15.4. The maximum absolute atomic E-state index is 4.38. The molecule has 1 spiro atoms. The molecule has 0 unspecified atom stereocenters. The molecule has 2 fully saturated rings. The third-order valence-corrected chi connectivity index (χ3v) is 6.12. The Balaban J connectivity index is 1.50. The molecular weight excluding hydrogens is 298 g/mol. The highest BCUT2D eigenvalue weighted by molar-refractivity contribution is 7.99. The molecule has 0 bridgehead atoms. The van der Waals surface area contributed by atoms with Gasteiger partial charge in [-0.25, -0.2) is 4.98 Å². The van der Waals surface area contributed by atoms with E-state index in [1.165, 1.54) is 43.5 Å². The Labute approximate surface area is 133 Å². The molecule has 0 aromatic carbocycles. The van der Waals surface area contributed by atoms with E-state index in [1.54, 1.807) is 0 Å². The summed E-state index contributed by atoms with van der Waals surface area (Å²) in [4.78, 5) is 6.52. The molecule has 2 aromatic heterocycles. The van der Waals surface area contributed by atoms with E-state index in [2.05, 4.69) is 42.0 Å². The summed E-state index contributed by atoms with van der Waals surface area (Å²) >= 11 is 2.11. The molecule has 2 aliphatic rings. The zero-order chi connectivity index (χ0) is 15.0. The lowest BCUT2D eigenvalue weighted by Crippen LogP contribution is -2.42. The number of aromatic nitrogens is 6. The standard InChI is InChI=1S/C14H21N7S/c1-20-12(11-15-10-16-17-11)18-19-13(20)21-6-2-14(3-7-21)4-8-22-9-5-14/h10H,2-9H2,1H3,(H,15,16,17). The van der Waals surface area contributed by atoms with Crippen molar-refractivity contribution in [3.8, 4) is 11.6 Å². The first kappa shape index (κ1) is 14.0. The molecule has 8 heteroatoms. The van der Waals surface area contributed by atoms with Gasteiger partial charge < -0.3 is 4.90 Å². The normalized spacial score (nSPS) is 21.4.